The number of nitrogens with zero attached hydrogens (tertiary/aromatic N) is 2. The third-order valence-electron chi connectivity index (χ3n) is 4.69. The molecule has 2 aromatic rings. The predicted molar refractivity (Wildman–Crippen MR) is 112 cm³/mol. The van der Waals surface area contributed by atoms with Gasteiger partial charge in [0.05, 0.1) is 22.4 Å². The number of ether oxygens (including phenoxy) is 1. The number of carbonyl (C=O) groups is 1. The zero-order chi connectivity index (χ0) is 23.9. The zero-order valence-electron chi connectivity index (χ0n) is 16.9. The highest BCUT2D eigenvalue weighted by molar-refractivity contribution is 6.36. The zero-order valence-corrected chi connectivity index (χ0v) is 18.4. The molecule has 1 aliphatic heterocycles. The van der Waals surface area contributed by atoms with Crippen LogP contribution < -0.4 is 9.75 Å². The van der Waals surface area contributed by atoms with E-state index >= 15 is 0 Å². The smallest absolute Gasteiger partial charge is 0.280 e. The number of hydrogen-bond donors (Lipinski definition) is 0. The Bertz CT molecular complexity index is 1150. The van der Waals surface area contributed by atoms with Crippen LogP contribution in [-0.2, 0) is 4.79 Å². The number of hydrazone groups is 1. The molecule has 1 aliphatic rings. The van der Waals surface area contributed by atoms with Gasteiger partial charge in [-0.2, -0.15) is 10.1 Å². The second-order valence-corrected chi connectivity index (χ2v) is 7.77. The fourth-order valence-corrected chi connectivity index (χ4v) is 3.42. The van der Waals surface area contributed by atoms with Crippen LogP contribution in [0.1, 0.15) is 32.8 Å². The predicted octanol–water partition coefficient (Wildman–Crippen LogP) is 6.67. The average Bonchev–Trinajstić information content (AvgIpc) is 3.01. The summed E-state index contributed by atoms with van der Waals surface area (Å²) in [5, 5.41) is 4.19. The van der Waals surface area contributed by atoms with Crippen molar-refractivity contribution in [1.82, 2.24) is 0 Å². The molecule has 170 valence electrons. The Hall–Kier alpha value is -2.65. The van der Waals surface area contributed by atoms with Crippen molar-refractivity contribution in [3.63, 3.8) is 0 Å². The molecule has 0 N–H and O–H groups in total. The molecule has 0 spiro atoms. The molecule has 0 unspecified atom stereocenters. The summed E-state index contributed by atoms with van der Waals surface area (Å²) >= 11 is 12.3. The summed E-state index contributed by atoms with van der Waals surface area (Å²) < 4.78 is 74.8. The van der Waals surface area contributed by atoms with Gasteiger partial charge in [0.25, 0.3) is 5.91 Å². The van der Waals surface area contributed by atoms with Crippen molar-refractivity contribution in [2.45, 2.75) is 33.3 Å². The van der Waals surface area contributed by atoms with E-state index in [4.69, 9.17) is 27.9 Å². The second kappa shape index (κ2) is 9.07. The molecule has 32 heavy (non-hydrogen) atoms. The number of rotatable bonds is 5. The Morgan fingerprint density at radius 3 is 2.19 bits per heavy atom. The van der Waals surface area contributed by atoms with Gasteiger partial charge in [-0.3, -0.25) is 4.79 Å². The fourth-order valence-electron chi connectivity index (χ4n) is 2.87. The van der Waals surface area contributed by atoms with E-state index in [0.29, 0.717) is 6.42 Å². The van der Waals surface area contributed by atoms with E-state index < -0.39 is 40.7 Å². The molecule has 1 amide bonds. The molecule has 1 atom stereocenters. The van der Waals surface area contributed by atoms with Crippen molar-refractivity contribution in [2.75, 3.05) is 5.01 Å². The summed E-state index contributed by atoms with van der Waals surface area (Å²) in [6, 6.07) is 2.88. The van der Waals surface area contributed by atoms with Gasteiger partial charge in [-0.15, -0.1) is 0 Å². The van der Waals surface area contributed by atoms with Crippen LogP contribution in [0.25, 0.3) is 6.08 Å². The van der Waals surface area contributed by atoms with Crippen LogP contribution in [0, 0.1) is 29.1 Å². The Labute approximate surface area is 189 Å². The van der Waals surface area contributed by atoms with E-state index in [0.717, 1.165) is 0 Å². The van der Waals surface area contributed by atoms with Crippen LogP contribution in [0.15, 0.2) is 22.8 Å². The van der Waals surface area contributed by atoms with Gasteiger partial charge < -0.3 is 4.74 Å². The van der Waals surface area contributed by atoms with Crippen LogP contribution >= 0.6 is 23.2 Å². The minimum absolute atomic E-state index is 0.0375. The van der Waals surface area contributed by atoms with Gasteiger partial charge in [-0.05, 0) is 38.5 Å². The molecule has 0 radical (unpaired) electrons. The van der Waals surface area contributed by atoms with E-state index in [2.05, 4.69) is 5.10 Å². The minimum atomic E-state index is -2.34. The lowest BCUT2D eigenvalue weighted by Gasteiger charge is -2.17. The molecule has 0 aliphatic carbocycles. The fraction of sp³-hybridized carbons (Fsp3) is 0.238. The molecular weight excluding hydrogens is 478 g/mol. The molecule has 0 fully saturated rings. The SMILES string of the molecule is CC[C@@H](C)Oc1c(Cl)cc(Cl)cc1/C=C1\C(=O)N(c2c(F)c(F)c(F)c(F)c2F)N=C1C. The average molecular weight is 493 g/mol. The number of hydrogen-bond acceptors (Lipinski definition) is 3. The van der Waals surface area contributed by atoms with E-state index in [9.17, 15) is 26.7 Å². The van der Waals surface area contributed by atoms with Gasteiger partial charge in [0.1, 0.15) is 11.4 Å². The minimum Gasteiger partial charge on any atom is -0.489 e. The quantitative estimate of drug-likeness (QED) is 0.202. The molecule has 1 heterocycles. The van der Waals surface area contributed by atoms with Gasteiger partial charge in [-0.25, -0.2) is 22.0 Å². The molecule has 2 aromatic carbocycles. The second-order valence-electron chi connectivity index (χ2n) is 6.92. The van der Waals surface area contributed by atoms with Crippen molar-refractivity contribution >= 4 is 46.6 Å². The maximum atomic E-state index is 14.2. The highest BCUT2D eigenvalue weighted by Crippen LogP contribution is 2.37. The van der Waals surface area contributed by atoms with E-state index in [-0.39, 0.29) is 43.8 Å². The molecule has 0 saturated heterocycles. The van der Waals surface area contributed by atoms with Gasteiger partial charge in [0.15, 0.2) is 23.3 Å². The lowest BCUT2D eigenvalue weighted by atomic mass is 10.1. The summed E-state index contributed by atoms with van der Waals surface area (Å²) in [4.78, 5) is 12.9. The van der Waals surface area contributed by atoms with Crippen LogP contribution in [0.2, 0.25) is 10.0 Å². The van der Waals surface area contributed by atoms with Crippen molar-refractivity contribution in [3.05, 3.63) is 62.4 Å². The van der Waals surface area contributed by atoms with Gasteiger partial charge in [0, 0.05) is 10.6 Å². The largest absolute Gasteiger partial charge is 0.489 e. The maximum absolute atomic E-state index is 14.2. The lowest BCUT2D eigenvalue weighted by molar-refractivity contribution is -0.114. The lowest BCUT2D eigenvalue weighted by Crippen LogP contribution is -2.25. The van der Waals surface area contributed by atoms with Gasteiger partial charge in [-0.1, -0.05) is 30.1 Å². The summed E-state index contributed by atoms with van der Waals surface area (Å²) in [6.07, 6.45) is 1.66. The summed E-state index contributed by atoms with van der Waals surface area (Å²) in [5.41, 5.74) is -1.43. The maximum Gasteiger partial charge on any atom is 0.280 e. The van der Waals surface area contributed by atoms with Crippen molar-refractivity contribution in [3.8, 4) is 5.75 Å². The van der Waals surface area contributed by atoms with E-state index in [1.165, 1.54) is 25.1 Å². The Balaban J connectivity index is 2.12. The van der Waals surface area contributed by atoms with Crippen LogP contribution in [0.4, 0.5) is 27.6 Å². The van der Waals surface area contributed by atoms with Crippen LogP contribution in [0.5, 0.6) is 5.75 Å². The van der Waals surface area contributed by atoms with Crippen molar-refractivity contribution in [2.24, 2.45) is 5.10 Å². The van der Waals surface area contributed by atoms with Crippen LogP contribution in [0.3, 0.4) is 0 Å². The van der Waals surface area contributed by atoms with E-state index in [1.807, 2.05) is 6.92 Å². The van der Waals surface area contributed by atoms with Crippen molar-refractivity contribution < 1.29 is 31.5 Å². The van der Waals surface area contributed by atoms with Crippen LogP contribution in [-0.4, -0.2) is 17.7 Å². The molecule has 3 rings (SSSR count). The number of amides is 1. The molecule has 4 nitrogen and oxygen atoms in total. The number of carbonyl (C=O) groups excluding carboxylic acids is 1. The molecule has 0 aromatic heterocycles. The molecule has 11 heteroatoms. The van der Waals surface area contributed by atoms with Gasteiger partial charge in [0.2, 0.25) is 5.82 Å². The van der Waals surface area contributed by atoms with Crippen molar-refractivity contribution in [1.29, 1.82) is 0 Å². The highest BCUT2D eigenvalue weighted by Gasteiger charge is 2.37. The normalized spacial score (nSPS) is 16.1. The number of benzene rings is 2. The molecular formula is C21H15Cl2F5N2O2. The monoisotopic (exact) mass is 492 g/mol. The standard InChI is InChI=1S/C21H15Cl2F5N2O2/c1-4-8(2)32-20-10(5-11(22)7-13(20)23)6-12-9(3)29-30(21(12)31)19-17(27)15(25)14(24)16(26)18(19)28/h5-8H,4H2,1-3H3/b12-6-/t8-/m1/s1. The first-order valence-corrected chi connectivity index (χ1v) is 10.0. The third-order valence-corrected chi connectivity index (χ3v) is 5.19. The first kappa shape index (κ1) is 24.0. The summed E-state index contributed by atoms with van der Waals surface area (Å²) in [6.45, 7) is 5.00. The first-order chi connectivity index (χ1) is 15.0. The summed E-state index contributed by atoms with van der Waals surface area (Å²) in [7, 11) is 0. The highest BCUT2D eigenvalue weighted by atomic mass is 35.5. The molecule has 0 bridgehead atoms. The Morgan fingerprint density at radius 2 is 1.62 bits per heavy atom. The van der Waals surface area contributed by atoms with E-state index in [1.54, 1.807) is 6.92 Å². The number of halogens is 7. The first-order valence-electron chi connectivity index (χ1n) is 9.26. The van der Waals surface area contributed by atoms with Gasteiger partial charge >= 0.3 is 0 Å². The number of anilines is 1. The third kappa shape index (κ3) is 4.19. The Morgan fingerprint density at radius 1 is 1.06 bits per heavy atom. The molecule has 0 saturated carbocycles. The topological polar surface area (TPSA) is 41.9 Å². The summed E-state index contributed by atoms with van der Waals surface area (Å²) in [5.74, 6) is -12.0. The Kier molecular flexibility index (Phi) is 6.80.